The first kappa shape index (κ1) is 52.2. The predicted octanol–water partition coefficient (Wildman–Crippen LogP) is 4.21. The SMILES string of the molecule is CN1CCN(C2CCN(C(=O)[C@@H](Cc3cc(Cl)c(N)c(C(F)(F)F)c3)OC(=O)N3CCC(N4CCc5ccccc5NC4=O)CC3)CC2)CC1.O=C(O)/C=C/C(=O)O.O=C(O)/C=C/C(=O)O. The lowest BCUT2D eigenvalue weighted by Crippen LogP contribution is -2.54. The Morgan fingerprint density at radius 3 is 1.83 bits per heavy atom. The van der Waals surface area contributed by atoms with Gasteiger partial charge in [-0.05, 0) is 68.5 Å². The molecule has 4 amide bonds. The number of nitrogens with two attached hydrogens (primary N) is 1. The minimum absolute atomic E-state index is 0.0851. The molecule has 6 rings (SSSR count). The summed E-state index contributed by atoms with van der Waals surface area (Å²) in [4.78, 5) is 88.5. The first-order chi connectivity index (χ1) is 31.1. The maximum absolute atomic E-state index is 14.0. The fourth-order valence-electron chi connectivity index (χ4n) is 7.84. The second-order valence-electron chi connectivity index (χ2n) is 15.8. The van der Waals surface area contributed by atoms with Gasteiger partial charge < -0.3 is 55.8 Å². The summed E-state index contributed by atoms with van der Waals surface area (Å²) in [6, 6.07) is 9.91. The van der Waals surface area contributed by atoms with Crippen molar-refractivity contribution >= 4 is 64.9 Å². The summed E-state index contributed by atoms with van der Waals surface area (Å²) in [5, 5.41) is 33.9. The molecule has 3 fully saturated rings. The Bertz CT molecular complexity index is 2070. The van der Waals surface area contributed by atoms with E-state index in [0.717, 1.165) is 56.3 Å². The molecular formula is C43H53ClF3N7O12. The van der Waals surface area contributed by atoms with Crippen LogP contribution >= 0.6 is 11.6 Å². The Hall–Kier alpha value is -6.39. The number of benzene rings is 2. The van der Waals surface area contributed by atoms with Crippen molar-refractivity contribution < 1.29 is 71.9 Å². The number of urea groups is 1. The maximum atomic E-state index is 14.0. The Kier molecular flexibility index (Phi) is 19.2. The standard InChI is InChI=1S/C35H45ClF3N7O4.2C4H4O4/c1-42-16-18-43(19-17-42)25-7-11-44(12-8-25)32(47)30(22-23-20-27(35(37,38)39)31(40)28(36)21-23)50-34(49)45-13-9-26(10-14-45)46-15-6-24-4-2-3-5-29(24)41-33(46)48;2*5-3(6)1-2-4(7)8/h2-5,20-21,25-26,30H,6-19,22,40H2,1H3,(H,41,48);2*1-2H,(H,5,6)(H,7,8)/b;2*2-1+/t30-;;/m1../s1. The van der Waals surface area contributed by atoms with Crippen molar-refractivity contribution in [1.29, 1.82) is 0 Å². The Balaban J connectivity index is 0.000000508. The molecule has 3 saturated heterocycles. The average Bonchev–Trinajstić information content (AvgIpc) is 3.44. The van der Waals surface area contributed by atoms with Crippen LogP contribution < -0.4 is 11.1 Å². The Morgan fingerprint density at radius 1 is 0.788 bits per heavy atom. The zero-order valence-corrected chi connectivity index (χ0v) is 36.7. The van der Waals surface area contributed by atoms with Gasteiger partial charge in [0.25, 0.3) is 5.91 Å². The lowest BCUT2D eigenvalue weighted by atomic mass is 9.99. The van der Waals surface area contributed by atoms with Crippen molar-refractivity contribution in [2.24, 2.45) is 0 Å². The van der Waals surface area contributed by atoms with Crippen molar-refractivity contribution in [3.63, 3.8) is 0 Å². The number of fused-ring (bicyclic) bond motifs is 1. The summed E-state index contributed by atoms with van der Waals surface area (Å²) in [6.07, 6.45) is -1.67. The van der Waals surface area contributed by atoms with E-state index in [9.17, 15) is 46.7 Å². The number of alkyl halides is 3. The first-order valence-electron chi connectivity index (χ1n) is 20.9. The monoisotopic (exact) mass is 951 g/mol. The lowest BCUT2D eigenvalue weighted by Gasteiger charge is -2.42. The molecule has 7 N–H and O–H groups in total. The number of hydrogen-bond acceptors (Lipinski definition) is 11. The van der Waals surface area contributed by atoms with Crippen molar-refractivity contribution in [2.45, 2.75) is 62.9 Å². The van der Waals surface area contributed by atoms with E-state index in [1.54, 1.807) is 4.90 Å². The number of carbonyl (C=O) groups is 7. The van der Waals surface area contributed by atoms with Gasteiger partial charge in [0.15, 0.2) is 6.10 Å². The van der Waals surface area contributed by atoms with Crippen LogP contribution in [0.1, 0.15) is 42.4 Å². The van der Waals surface area contributed by atoms with Crippen molar-refractivity contribution in [1.82, 2.24) is 24.5 Å². The van der Waals surface area contributed by atoms with E-state index < -0.39 is 59.4 Å². The number of carboxylic acid groups (broad SMARTS) is 4. The van der Waals surface area contributed by atoms with Gasteiger partial charge in [-0.2, -0.15) is 13.2 Å². The van der Waals surface area contributed by atoms with Gasteiger partial charge >= 0.3 is 42.2 Å². The molecule has 4 aliphatic heterocycles. The fourth-order valence-corrected chi connectivity index (χ4v) is 8.08. The predicted molar refractivity (Wildman–Crippen MR) is 233 cm³/mol. The summed E-state index contributed by atoms with van der Waals surface area (Å²) in [5.41, 5.74) is 5.90. The molecule has 66 heavy (non-hydrogen) atoms. The zero-order valence-electron chi connectivity index (χ0n) is 36.0. The number of para-hydroxylation sites is 1. The Labute approximate surface area is 382 Å². The molecule has 0 aliphatic carbocycles. The minimum atomic E-state index is -4.76. The van der Waals surface area contributed by atoms with Crippen LogP contribution in [0, 0.1) is 0 Å². The summed E-state index contributed by atoms with van der Waals surface area (Å²) in [5.74, 6) is -5.48. The topological polar surface area (TPSA) is 264 Å². The molecule has 0 aromatic heterocycles. The molecule has 1 atom stereocenters. The van der Waals surface area contributed by atoms with E-state index >= 15 is 0 Å². The highest BCUT2D eigenvalue weighted by atomic mass is 35.5. The molecule has 23 heteroatoms. The van der Waals surface area contributed by atoms with E-state index in [1.165, 1.54) is 11.0 Å². The fraction of sp³-hybridized carbons (Fsp3) is 0.465. The minimum Gasteiger partial charge on any atom is -0.478 e. The normalized spacial score (nSPS) is 18.2. The number of hydrogen-bond donors (Lipinski definition) is 6. The van der Waals surface area contributed by atoms with Gasteiger partial charge in [-0.3, -0.25) is 9.69 Å². The summed E-state index contributed by atoms with van der Waals surface area (Å²) >= 11 is 6.11. The third-order valence-electron chi connectivity index (χ3n) is 11.3. The number of halogens is 4. The van der Waals surface area contributed by atoms with Crippen LogP contribution in [-0.2, 0) is 47.7 Å². The van der Waals surface area contributed by atoms with Crippen LogP contribution in [-0.4, -0.2) is 171 Å². The van der Waals surface area contributed by atoms with Crippen LogP contribution in [0.2, 0.25) is 5.02 Å². The van der Waals surface area contributed by atoms with Crippen LogP contribution in [0.25, 0.3) is 0 Å². The summed E-state index contributed by atoms with van der Waals surface area (Å²) in [6.45, 7) is 5.93. The van der Waals surface area contributed by atoms with Gasteiger partial charge in [-0.15, -0.1) is 0 Å². The molecule has 2 aromatic carbocycles. The second-order valence-corrected chi connectivity index (χ2v) is 16.2. The molecular weight excluding hydrogens is 899 g/mol. The van der Waals surface area contributed by atoms with E-state index in [2.05, 4.69) is 22.2 Å². The summed E-state index contributed by atoms with van der Waals surface area (Å²) in [7, 11) is 2.10. The molecule has 0 radical (unpaired) electrons. The smallest absolute Gasteiger partial charge is 0.418 e. The number of piperazine rings is 1. The number of carboxylic acids is 4. The van der Waals surface area contributed by atoms with Gasteiger partial charge in [-0.1, -0.05) is 29.8 Å². The number of nitrogens with zero attached hydrogens (tertiary/aromatic N) is 5. The highest BCUT2D eigenvalue weighted by molar-refractivity contribution is 6.33. The molecule has 4 heterocycles. The number of nitrogens with one attached hydrogen (secondary N) is 1. The van der Waals surface area contributed by atoms with Crippen LogP contribution in [0.15, 0.2) is 60.7 Å². The van der Waals surface area contributed by atoms with E-state index in [-0.39, 0.29) is 29.1 Å². The first-order valence-corrected chi connectivity index (χ1v) is 21.3. The molecule has 0 saturated carbocycles. The molecule has 19 nitrogen and oxygen atoms in total. The number of aliphatic carboxylic acids is 4. The summed E-state index contributed by atoms with van der Waals surface area (Å²) < 4.78 is 47.3. The number of likely N-dealkylation sites (tertiary alicyclic amines) is 2. The number of carbonyl (C=O) groups excluding carboxylic acids is 3. The van der Waals surface area contributed by atoms with Crippen molar-refractivity contribution in [2.75, 3.05) is 77.0 Å². The van der Waals surface area contributed by atoms with Gasteiger partial charge in [0.05, 0.1) is 16.3 Å². The number of amides is 4. The number of anilines is 2. The van der Waals surface area contributed by atoms with Crippen LogP contribution in [0.4, 0.5) is 34.1 Å². The molecule has 4 aliphatic rings. The lowest BCUT2D eigenvalue weighted by molar-refractivity contribution is -0.142. The number of ether oxygens (including phenoxy) is 1. The number of rotatable bonds is 10. The van der Waals surface area contributed by atoms with E-state index in [1.807, 2.05) is 29.2 Å². The zero-order chi connectivity index (χ0) is 48.7. The molecule has 0 bridgehead atoms. The third-order valence-corrected chi connectivity index (χ3v) is 11.6. The van der Waals surface area contributed by atoms with Crippen molar-refractivity contribution in [3.05, 3.63) is 82.4 Å². The molecule has 2 aromatic rings. The van der Waals surface area contributed by atoms with Crippen molar-refractivity contribution in [3.8, 4) is 0 Å². The number of piperidine rings is 2. The average molecular weight is 952 g/mol. The molecule has 0 unspecified atom stereocenters. The van der Waals surface area contributed by atoms with Gasteiger partial charge in [0.1, 0.15) is 0 Å². The van der Waals surface area contributed by atoms with Gasteiger partial charge in [0.2, 0.25) is 0 Å². The molecule has 360 valence electrons. The second kappa shape index (κ2) is 24.2. The van der Waals surface area contributed by atoms with Gasteiger partial charge in [0, 0.05) is 107 Å². The quantitative estimate of drug-likeness (QED) is 0.144. The number of nitrogen functional groups attached to an aromatic ring is 1. The van der Waals surface area contributed by atoms with Gasteiger partial charge in [-0.25, -0.2) is 28.8 Å². The highest BCUT2D eigenvalue weighted by Crippen LogP contribution is 2.38. The Morgan fingerprint density at radius 2 is 1.30 bits per heavy atom. The van der Waals surface area contributed by atoms with E-state index in [4.69, 9.17) is 42.5 Å². The molecule has 0 spiro atoms. The van der Waals surface area contributed by atoms with Crippen LogP contribution in [0.3, 0.4) is 0 Å². The van der Waals surface area contributed by atoms with E-state index in [0.29, 0.717) is 82.3 Å². The largest absolute Gasteiger partial charge is 0.478 e. The van der Waals surface area contributed by atoms with Crippen LogP contribution in [0.5, 0.6) is 0 Å². The number of likely N-dealkylation sites (N-methyl/N-ethyl adjacent to an activating group) is 1. The highest BCUT2D eigenvalue weighted by Gasteiger charge is 2.38. The maximum Gasteiger partial charge on any atom is 0.418 e. The third kappa shape index (κ3) is 15.9.